The zero-order chi connectivity index (χ0) is 19.3. The average Bonchev–Trinajstić information content (AvgIpc) is 3.20. The number of nitrogens with one attached hydrogen (secondary N) is 1. The number of hydrogen-bond donors (Lipinski definition) is 1. The number of amides is 1. The molecule has 0 atom stereocenters. The number of aryl methyl sites for hydroxylation is 1. The van der Waals surface area contributed by atoms with E-state index in [1.807, 2.05) is 0 Å². The molecule has 0 saturated carbocycles. The van der Waals surface area contributed by atoms with Gasteiger partial charge in [-0.15, -0.1) is 11.3 Å². The number of carbonyl (C=O) groups is 4. The number of rotatable bonds is 8. The van der Waals surface area contributed by atoms with Gasteiger partial charge in [0.1, 0.15) is 11.3 Å². The van der Waals surface area contributed by atoms with Crippen LogP contribution in [0.2, 0.25) is 0 Å². The van der Waals surface area contributed by atoms with E-state index in [4.69, 9.17) is 9.15 Å². The van der Waals surface area contributed by atoms with Crippen LogP contribution >= 0.6 is 11.3 Å². The smallest absolute Gasteiger partial charge is 0.344 e. The number of esters is 1. The number of ketones is 2. The van der Waals surface area contributed by atoms with Crippen LogP contribution < -0.4 is 5.32 Å². The van der Waals surface area contributed by atoms with Crippen LogP contribution in [0.1, 0.15) is 62.8 Å². The number of hydrogen-bond acceptors (Lipinski definition) is 7. The van der Waals surface area contributed by atoms with Crippen LogP contribution in [0.3, 0.4) is 0 Å². The van der Waals surface area contributed by atoms with Crippen molar-refractivity contribution in [1.29, 1.82) is 0 Å². The van der Waals surface area contributed by atoms with Gasteiger partial charge in [0.05, 0.1) is 17.0 Å². The molecule has 1 N–H and O–H groups in total. The molecular formula is C18H19NO6S. The van der Waals surface area contributed by atoms with Crippen molar-refractivity contribution in [3.05, 3.63) is 39.3 Å². The number of carbonyl (C=O) groups excluding carboxylic acids is 4. The Hall–Kier alpha value is -2.74. The van der Waals surface area contributed by atoms with Crippen molar-refractivity contribution < 1.29 is 28.3 Å². The van der Waals surface area contributed by atoms with Crippen molar-refractivity contribution in [2.75, 3.05) is 11.9 Å². The summed E-state index contributed by atoms with van der Waals surface area (Å²) in [7, 11) is 0. The summed E-state index contributed by atoms with van der Waals surface area (Å²) in [6.07, 6.45) is -0.0471. The summed E-state index contributed by atoms with van der Waals surface area (Å²) >= 11 is 1.31. The highest BCUT2D eigenvalue weighted by molar-refractivity contribution is 7.12. The Bertz CT molecular complexity index is 834. The fourth-order valence-corrected chi connectivity index (χ4v) is 3.13. The summed E-state index contributed by atoms with van der Waals surface area (Å²) in [6, 6.07) is 3.46. The third kappa shape index (κ3) is 4.45. The number of ether oxygens (including phenoxy) is 1. The molecule has 0 aromatic carbocycles. The molecule has 0 aliphatic rings. The highest BCUT2D eigenvalue weighted by Crippen LogP contribution is 2.28. The number of Topliss-reactive ketones (excluding diaryl/α,β-unsaturated/α-hetero) is 2. The van der Waals surface area contributed by atoms with Gasteiger partial charge >= 0.3 is 5.97 Å². The Morgan fingerprint density at radius 3 is 2.50 bits per heavy atom. The second kappa shape index (κ2) is 8.57. The fraction of sp³-hybridized carbons (Fsp3) is 0.333. The quantitative estimate of drug-likeness (QED) is 0.557. The van der Waals surface area contributed by atoms with E-state index in [0.29, 0.717) is 4.88 Å². The van der Waals surface area contributed by atoms with E-state index in [-0.39, 0.29) is 53.8 Å². The molecule has 0 bridgehead atoms. The van der Waals surface area contributed by atoms with Crippen molar-refractivity contribution in [2.45, 2.75) is 33.6 Å². The molecule has 8 heteroatoms. The van der Waals surface area contributed by atoms with Crippen molar-refractivity contribution in [2.24, 2.45) is 0 Å². The minimum Gasteiger partial charge on any atom is -0.462 e. The molecule has 0 aliphatic heterocycles. The monoisotopic (exact) mass is 377 g/mol. The van der Waals surface area contributed by atoms with Gasteiger partial charge in [0.15, 0.2) is 11.6 Å². The molecule has 2 aromatic rings. The first-order valence-electron chi connectivity index (χ1n) is 8.03. The van der Waals surface area contributed by atoms with E-state index >= 15 is 0 Å². The molecule has 7 nitrogen and oxygen atoms in total. The first-order chi connectivity index (χ1) is 12.3. The van der Waals surface area contributed by atoms with Gasteiger partial charge in [-0.05, 0) is 32.2 Å². The van der Waals surface area contributed by atoms with E-state index in [1.165, 1.54) is 25.2 Å². The summed E-state index contributed by atoms with van der Waals surface area (Å²) in [6.45, 7) is 4.57. The molecule has 2 rings (SSSR count). The van der Waals surface area contributed by atoms with Gasteiger partial charge in [-0.25, -0.2) is 4.79 Å². The third-order valence-corrected chi connectivity index (χ3v) is 4.45. The molecule has 138 valence electrons. The van der Waals surface area contributed by atoms with Gasteiger partial charge in [-0.2, -0.15) is 0 Å². The van der Waals surface area contributed by atoms with E-state index in [2.05, 4.69) is 5.32 Å². The summed E-state index contributed by atoms with van der Waals surface area (Å²) in [4.78, 5) is 48.7. The fourth-order valence-electron chi connectivity index (χ4n) is 2.43. The maximum absolute atomic E-state index is 12.2. The molecule has 26 heavy (non-hydrogen) atoms. The number of furan rings is 1. The first-order valence-corrected chi connectivity index (χ1v) is 8.91. The van der Waals surface area contributed by atoms with Gasteiger partial charge in [-0.3, -0.25) is 19.7 Å². The molecule has 0 spiro atoms. The Kier molecular flexibility index (Phi) is 6.46. The number of anilines is 1. The standard InChI is InChI=1S/C18H19NO6S/c1-4-24-18(23)16-15(10(2)20)11(3)25-17(16)19-14(22)8-7-12(21)13-6-5-9-26-13/h5-6,9H,4,7-8H2,1-3H3,(H,19,22). The van der Waals surface area contributed by atoms with Crippen LogP contribution in [-0.4, -0.2) is 30.0 Å². The Morgan fingerprint density at radius 2 is 1.92 bits per heavy atom. The lowest BCUT2D eigenvalue weighted by Crippen LogP contribution is -2.17. The predicted octanol–water partition coefficient (Wildman–Crippen LogP) is 3.63. The van der Waals surface area contributed by atoms with Crippen LogP contribution in [0.5, 0.6) is 0 Å². The predicted molar refractivity (Wildman–Crippen MR) is 95.9 cm³/mol. The summed E-state index contributed by atoms with van der Waals surface area (Å²) < 4.78 is 10.3. The van der Waals surface area contributed by atoms with Crippen molar-refractivity contribution in [1.82, 2.24) is 0 Å². The van der Waals surface area contributed by atoms with Crippen LogP contribution in [0.4, 0.5) is 5.88 Å². The summed E-state index contributed by atoms with van der Waals surface area (Å²) in [5, 5.41) is 4.24. The topological polar surface area (TPSA) is 103 Å². The molecule has 2 aromatic heterocycles. The van der Waals surface area contributed by atoms with Gasteiger partial charge in [0, 0.05) is 12.8 Å². The van der Waals surface area contributed by atoms with Crippen LogP contribution in [0, 0.1) is 6.92 Å². The molecular weight excluding hydrogens is 358 g/mol. The maximum Gasteiger partial charge on any atom is 0.344 e. The lowest BCUT2D eigenvalue weighted by atomic mass is 10.1. The van der Waals surface area contributed by atoms with E-state index in [9.17, 15) is 19.2 Å². The second-order valence-electron chi connectivity index (χ2n) is 5.46. The molecule has 0 radical (unpaired) electrons. The van der Waals surface area contributed by atoms with Gasteiger partial charge in [-0.1, -0.05) is 6.07 Å². The Balaban J connectivity index is 2.13. The first kappa shape index (κ1) is 19.6. The molecule has 2 heterocycles. The van der Waals surface area contributed by atoms with Crippen LogP contribution in [0.15, 0.2) is 21.9 Å². The van der Waals surface area contributed by atoms with Crippen molar-refractivity contribution >= 4 is 40.7 Å². The highest BCUT2D eigenvalue weighted by Gasteiger charge is 2.28. The molecule has 0 saturated heterocycles. The minimum atomic E-state index is -0.750. The van der Waals surface area contributed by atoms with Crippen LogP contribution in [-0.2, 0) is 9.53 Å². The zero-order valence-corrected chi connectivity index (χ0v) is 15.5. The van der Waals surface area contributed by atoms with Crippen molar-refractivity contribution in [3.8, 4) is 0 Å². The average molecular weight is 377 g/mol. The molecule has 0 aliphatic carbocycles. The molecule has 0 fully saturated rings. The maximum atomic E-state index is 12.2. The SMILES string of the molecule is CCOC(=O)c1c(NC(=O)CCC(=O)c2cccs2)oc(C)c1C(C)=O. The van der Waals surface area contributed by atoms with E-state index < -0.39 is 11.9 Å². The third-order valence-electron chi connectivity index (χ3n) is 3.54. The summed E-state index contributed by atoms with van der Waals surface area (Å²) in [5.74, 6) is -1.68. The lowest BCUT2D eigenvalue weighted by molar-refractivity contribution is -0.116. The van der Waals surface area contributed by atoms with Gasteiger partial charge in [0.2, 0.25) is 11.8 Å². The second-order valence-corrected chi connectivity index (χ2v) is 6.41. The van der Waals surface area contributed by atoms with E-state index in [0.717, 1.165) is 0 Å². The Morgan fingerprint density at radius 1 is 1.19 bits per heavy atom. The van der Waals surface area contributed by atoms with Crippen molar-refractivity contribution in [3.63, 3.8) is 0 Å². The number of thiophene rings is 1. The van der Waals surface area contributed by atoms with Gasteiger partial charge < -0.3 is 9.15 Å². The van der Waals surface area contributed by atoms with E-state index in [1.54, 1.807) is 24.4 Å². The van der Waals surface area contributed by atoms with Crippen LogP contribution in [0.25, 0.3) is 0 Å². The minimum absolute atomic E-state index is 0.0281. The Labute approximate surface area is 154 Å². The lowest BCUT2D eigenvalue weighted by Gasteiger charge is -2.06. The largest absolute Gasteiger partial charge is 0.462 e. The molecule has 0 unspecified atom stereocenters. The highest BCUT2D eigenvalue weighted by atomic mass is 32.1. The normalized spacial score (nSPS) is 10.4. The zero-order valence-electron chi connectivity index (χ0n) is 14.7. The molecule has 1 amide bonds. The summed E-state index contributed by atoms with van der Waals surface area (Å²) in [5.41, 5.74) is -0.0248. The van der Waals surface area contributed by atoms with Gasteiger partial charge in [0.25, 0.3) is 0 Å².